The van der Waals surface area contributed by atoms with Crippen molar-refractivity contribution in [3.05, 3.63) is 37.0 Å². The molecule has 1 aliphatic heterocycles. The number of likely N-dealkylation sites (tertiary alicyclic amines) is 1. The molecule has 0 aromatic rings. The highest BCUT2D eigenvalue weighted by Crippen LogP contribution is 2.14. The first kappa shape index (κ1) is 32.2. The van der Waals surface area contributed by atoms with E-state index in [2.05, 4.69) is 49.0 Å². The Kier molecular flexibility index (Phi) is 17.7. The van der Waals surface area contributed by atoms with Crippen LogP contribution in [0.3, 0.4) is 0 Å². The summed E-state index contributed by atoms with van der Waals surface area (Å²) in [7, 11) is 0. The summed E-state index contributed by atoms with van der Waals surface area (Å²) in [5, 5.41) is 19.1. The van der Waals surface area contributed by atoms with Gasteiger partial charge in [0.25, 0.3) is 0 Å². The fourth-order valence-corrected chi connectivity index (χ4v) is 4.60. The smallest absolute Gasteiger partial charge is 0.245 e. The fraction of sp³-hybridized carbons (Fsp3) is 0.690. The van der Waals surface area contributed by atoms with Gasteiger partial charge in [0.15, 0.2) is 0 Å². The summed E-state index contributed by atoms with van der Waals surface area (Å²) >= 11 is 0. The molecule has 8 nitrogen and oxygen atoms in total. The van der Waals surface area contributed by atoms with Gasteiger partial charge in [-0.2, -0.15) is 5.26 Å². The highest BCUT2D eigenvalue weighted by atomic mass is 16.2. The van der Waals surface area contributed by atoms with E-state index >= 15 is 0 Å². The van der Waals surface area contributed by atoms with Gasteiger partial charge in [0.2, 0.25) is 5.91 Å². The van der Waals surface area contributed by atoms with Gasteiger partial charge in [0.1, 0.15) is 5.82 Å². The molecule has 1 aliphatic rings. The van der Waals surface area contributed by atoms with Gasteiger partial charge in [-0.3, -0.25) is 4.79 Å². The molecular formula is C29H51N7O. The second kappa shape index (κ2) is 20.3. The van der Waals surface area contributed by atoms with Crippen LogP contribution < -0.4 is 21.7 Å². The van der Waals surface area contributed by atoms with Gasteiger partial charge >= 0.3 is 0 Å². The molecule has 0 saturated carbocycles. The molecular weight excluding hydrogens is 462 g/mol. The zero-order valence-corrected chi connectivity index (χ0v) is 23.4. The minimum absolute atomic E-state index is 0.0113. The summed E-state index contributed by atoms with van der Waals surface area (Å²) in [6.45, 7) is 15.3. The number of piperidine rings is 1. The number of nitrogens with one attached hydrogen (secondary N) is 3. The highest BCUT2D eigenvalue weighted by molar-refractivity contribution is 5.92. The monoisotopic (exact) mass is 513 g/mol. The van der Waals surface area contributed by atoms with Crippen molar-refractivity contribution in [3.8, 4) is 6.07 Å². The standard InChI is InChI=1S/C29H51N7O/c1-5-26(32-7-3)27(22-24(4)33-19-15-13-11-9-8-10-12-14-18-30)35-28(23-31)34-25-16-20-36(21-17-25)29(37)6-2/h6,23,25-26,32-34H,2,4-5,7-17,19-22,31H2,1,3H3/b28-23-,35-27-/t26-/m1/s1. The van der Waals surface area contributed by atoms with E-state index in [0.717, 1.165) is 63.0 Å². The summed E-state index contributed by atoms with van der Waals surface area (Å²) in [6, 6.07) is 2.58. The average Bonchev–Trinajstić information content (AvgIpc) is 2.91. The molecule has 8 heteroatoms. The van der Waals surface area contributed by atoms with Crippen LogP contribution >= 0.6 is 0 Å². The van der Waals surface area contributed by atoms with Gasteiger partial charge in [-0.25, -0.2) is 4.99 Å². The lowest BCUT2D eigenvalue weighted by molar-refractivity contribution is -0.127. The van der Waals surface area contributed by atoms with Crippen molar-refractivity contribution >= 4 is 11.6 Å². The van der Waals surface area contributed by atoms with Crippen molar-refractivity contribution in [1.29, 1.82) is 5.26 Å². The fourth-order valence-electron chi connectivity index (χ4n) is 4.60. The van der Waals surface area contributed by atoms with Crippen molar-refractivity contribution in [2.24, 2.45) is 10.7 Å². The minimum atomic E-state index is -0.0113. The van der Waals surface area contributed by atoms with Crippen LogP contribution in [0.15, 0.2) is 41.9 Å². The zero-order valence-electron chi connectivity index (χ0n) is 23.4. The van der Waals surface area contributed by atoms with Crippen LogP contribution in [0, 0.1) is 11.3 Å². The predicted molar refractivity (Wildman–Crippen MR) is 155 cm³/mol. The molecule has 5 N–H and O–H groups in total. The quantitative estimate of drug-likeness (QED) is 0.108. The highest BCUT2D eigenvalue weighted by Gasteiger charge is 2.22. The molecule has 1 fully saturated rings. The van der Waals surface area contributed by atoms with Gasteiger partial charge in [0, 0.05) is 62.2 Å². The van der Waals surface area contributed by atoms with Crippen molar-refractivity contribution in [2.45, 2.75) is 103 Å². The molecule has 1 saturated heterocycles. The van der Waals surface area contributed by atoms with Crippen LogP contribution in [-0.4, -0.2) is 54.8 Å². The topological polar surface area (TPSA) is 119 Å². The maximum absolute atomic E-state index is 11.9. The van der Waals surface area contributed by atoms with Crippen molar-refractivity contribution in [2.75, 3.05) is 26.2 Å². The number of nitrogens with zero attached hydrogens (tertiary/aromatic N) is 3. The van der Waals surface area contributed by atoms with Crippen LogP contribution in [0.5, 0.6) is 0 Å². The Labute approximate surface area is 225 Å². The van der Waals surface area contributed by atoms with Crippen molar-refractivity contribution < 1.29 is 4.79 Å². The molecule has 208 valence electrons. The van der Waals surface area contributed by atoms with E-state index in [-0.39, 0.29) is 18.0 Å². The Morgan fingerprint density at radius 2 is 1.81 bits per heavy atom. The van der Waals surface area contributed by atoms with E-state index in [1.807, 2.05) is 4.90 Å². The normalized spacial score (nSPS) is 15.6. The van der Waals surface area contributed by atoms with Crippen LogP contribution in [0.4, 0.5) is 0 Å². The molecule has 0 aromatic carbocycles. The first-order chi connectivity index (χ1) is 18.0. The SMILES string of the molecule is C=CC(=O)N1CCC(NC(=C/N)/N=C(/CC(=C)NCCCCCCCCCC#N)[C@@H](CC)NCC)CC1. The number of hydrogen-bond donors (Lipinski definition) is 4. The van der Waals surface area contributed by atoms with E-state index in [4.69, 9.17) is 16.0 Å². The molecule has 0 bridgehead atoms. The Morgan fingerprint density at radius 3 is 2.38 bits per heavy atom. The first-order valence-corrected chi connectivity index (χ1v) is 14.2. The molecule has 37 heavy (non-hydrogen) atoms. The molecule has 1 amide bonds. The third kappa shape index (κ3) is 13.9. The molecule has 0 aliphatic carbocycles. The van der Waals surface area contributed by atoms with Crippen LogP contribution in [0.2, 0.25) is 0 Å². The predicted octanol–water partition coefficient (Wildman–Crippen LogP) is 4.48. The molecule has 0 aromatic heterocycles. The van der Waals surface area contributed by atoms with Crippen LogP contribution in [0.1, 0.15) is 90.9 Å². The first-order valence-electron chi connectivity index (χ1n) is 14.2. The number of rotatable bonds is 20. The van der Waals surface area contributed by atoms with E-state index in [1.54, 1.807) is 0 Å². The van der Waals surface area contributed by atoms with E-state index in [0.29, 0.717) is 31.8 Å². The Hall–Kier alpha value is -2.79. The third-order valence-electron chi connectivity index (χ3n) is 6.75. The number of carbonyl (C=O) groups is 1. The van der Waals surface area contributed by atoms with Crippen molar-refractivity contribution in [1.82, 2.24) is 20.9 Å². The van der Waals surface area contributed by atoms with Gasteiger partial charge in [-0.15, -0.1) is 0 Å². The summed E-state index contributed by atoms with van der Waals surface area (Å²) in [6.07, 6.45) is 15.1. The van der Waals surface area contributed by atoms with Gasteiger partial charge in [-0.05, 0) is 44.7 Å². The Balaban J connectivity index is 2.57. The molecule has 1 rings (SSSR count). The number of aliphatic imine (C=N–C) groups is 1. The Bertz CT molecular complexity index is 776. The number of nitrogens with two attached hydrogens (primary N) is 1. The second-order valence-corrected chi connectivity index (χ2v) is 9.71. The maximum atomic E-state index is 11.9. The summed E-state index contributed by atoms with van der Waals surface area (Å²) in [5.74, 6) is 0.658. The summed E-state index contributed by atoms with van der Waals surface area (Å²) in [4.78, 5) is 18.6. The number of allylic oxidation sites excluding steroid dienone is 1. The lowest BCUT2D eigenvalue weighted by Crippen LogP contribution is -2.44. The zero-order chi connectivity index (χ0) is 27.3. The Morgan fingerprint density at radius 1 is 1.16 bits per heavy atom. The lowest BCUT2D eigenvalue weighted by Gasteiger charge is -2.32. The second-order valence-electron chi connectivity index (χ2n) is 9.71. The largest absolute Gasteiger partial charge is 0.402 e. The number of hydrogen-bond acceptors (Lipinski definition) is 7. The van der Waals surface area contributed by atoms with Gasteiger partial charge in [0.05, 0.1) is 6.07 Å². The van der Waals surface area contributed by atoms with Gasteiger partial charge < -0.3 is 26.6 Å². The minimum Gasteiger partial charge on any atom is -0.402 e. The van der Waals surface area contributed by atoms with E-state index < -0.39 is 0 Å². The number of unbranched alkanes of at least 4 members (excludes halogenated alkanes) is 7. The molecule has 1 atom stereocenters. The number of carbonyl (C=O) groups excluding carboxylic acids is 1. The van der Waals surface area contributed by atoms with Crippen molar-refractivity contribution in [3.63, 3.8) is 0 Å². The number of nitriles is 1. The maximum Gasteiger partial charge on any atom is 0.245 e. The average molecular weight is 514 g/mol. The van der Waals surface area contributed by atoms with Crippen LogP contribution in [-0.2, 0) is 4.79 Å². The summed E-state index contributed by atoms with van der Waals surface area (Å²) in [5.41, 5.74) is 7.96. The van der Waals surface area contributed by atoms with E-state index in [9.17, 15) is 4.79 Å². The molecule has 0 spiro atoms. The number of amides is 1. The van der Waals surface area contributed by atoms with E-state index in [1.165, 1.54) is 38.0 Å². The summed E-state index contributed by atoms with van der Waals surface area (Å²) < 4.78 is 0. The molecule has 0 unspecified atom stereocenters. The lowest BCUT2D eigenvalue weighted by atomic mass is 10.0. The van der Waals surface area contributed by atoms with Crippen LogP contribution in [0.25, 0.3) is 0 Å². The molecule has 1 heterocycles. The third-order valence-corrected chi connectivity index (χ3v) is 6.75. The van der Waals surface area contributed by atoms with Gasteiger partial charge in [-0.1, -0.05) is 59.1 Å². The molecule has 0 radical (unpaired) electrons.